The molecule has 1 nitrogen and oxygen atoms in total. The fourth-order valence-corrected chi connectivity index (χ4v) is 13.1. The molecule has 12 aromatic carbocycles. The minimum Gasteiger partial charge on any atom is -0.309 e. The molecule has 0 radical (unpaired) electrons. The first-order chi connectivity index (χ1) is 33.2. The van der Waals surface area contributed by atoms with Crippen molar-refractivity contribution in [3.05, 3.63) is 237 Å². The van der Waals surface area contributed by atoms with Crippen LogP contribution in [0.15, 0.2) is 237 Å². The molecule has 0 bridgehead atoms. The van der Waals surface area contributed by atoms with Gasteiger partial charge in [0, 0.05) is 62.5 Å². The lowest BCUT2D eigenvalue weighted by Gasteiger charge is -2.31. The lowest BCUT2D eigenvalue weighted by atomic mass is 9.87. The summed E-state index contributed by atoms with van der Waals surface area (Å²) in [6, 6.07) is 88.0. The minimum atomic E-state index is 1.11. The first-order valence-corrected chi connectivity index (χ1v) is 24.5. The number of nitrogens with zero attached hydrogens (tertiary/aromatic N) is 1. The van der Waals surface area contributed by atoms with Gasteiger partial charge in [-0.05, 0) is 115 Å². The average Bonchev–Trinajstić information content (AvgIpc) is 3.99. The number of thiophene rings is 2. The highest BCUT2D eigenvalue weighted by atomic mass is 32.1. The maximum absolute atomic E-state index is 2.57. The van der Waals surface area contributed by atoms with Gasteiger partial charge in [-0.2, -0.15) is 0 Å². The maximum atomic E-state index is 2.57. The molecule has 0 aliphatic carbocycles. The fourth-order valence-electron chi connectivity index (χ4n) is 10.8. The van der Waals surface area contributed by atoms with Crippen molar-refractivity contribution in [3.63, 3.8) is 0 Å². The molecule has 312 valence electrons. The molecular weight excluding hydrogens is 847 g/mol. The van der Waals surface area contributed by atoms with Crippen molar-refractivity contribution in [3.8, 4) is 33.4 Å². The molecule has 67 heavy (non-hydrogen) atoms. The highest BCUT2D eigenvalue weighted by Crippen LogP contribution is 2.53. The van der Waals surface area contributed by atoms with Gasteiger partial charge in [0.2, 0.25) is 0 Å². The molecule has 14 rings (SSSR count). The van der Waals surface area contributed by atoms with Crippen LogP contribution < -0.4 is 4.90 Å². The van der Waals surface area contributed by atoms with Gasteiger partial charge >= 0.3 is 0 Å². The monoisotopic (exact) mass is 885 g/mol. The molecule has 0 amide bonds. The van der Waals surface area contributed by atoms with Crippen molar-refractivity contribution in [2.75, 3.05) is 4.90 Å². The van der Waals surface area contributed by atoms with Gasteiger partial charge in [0.05, 0.1) is 11.4 Å². The normalized spacial score (nSPS) is 11.9. The van der Waals surface area contributed by atoms with Gasteiger partial charge in [-0.15, -0.1) is 22.7 Å². The molecule has 0 unspecified atom stereocenters. The molecule has 0 saturated heterocycles. The molecule has 0 spiro atoms. The van der Waals surface area contributed by atoms with Gasteiger partial charge in [-0.25, -0.2) is 0 Å². The van der Waals surface area contributed by atoms with E-state index in [-0.39, 0.29) is 0 Å². The Morgan fingerprint density at radius 1 is 0.269 bits per heavy atom. The third kappa shape index (κ3) is 6.06. The third-order valence-electron chi connectivity index (χ3n) is 13.8. The van der Waals surface area contributed by atoms with E-state index in [0.717, 1.165) is 17.1 Å². The van der Waals surface area contributed by atoms with Crippen LogP contribution in [0.2, 0.25) is 0 Å². The van der Waals surface area contributed by atoms with Crippen LogP contribution in [0.25, 0.3) is 117 Å². The molecule has 0 aliphatic heterocycles. The molecule has 2 heterocycles. The van der Waals surface area contributed by atoms with Crippen LogP contribution in [0, 0.1) is 0 Å². The second kappa shape index (κ2) is 15.3. The Morgan fingerprint density at radius 3 is 1.48 bits per heavy atom. The zero-order chi connectivity index (χ0) is 44.0. The Morgan fingerprint density at radius 2 is 0.791 bits per heavy atom. The van der Waals surface area contributed by atoms with Crippen molar-refractivity contribution < 1.29 is 0 Å². The Balaban J connectivity index is 1.17. The highest BCUT2D eigenvalue weighted by Gasteiger charge is 2.26. The average molecular weight is 886 g/mol. The summed E-state index contributed by atoms with van der Waals surface area (Å²) in [5, 5.41) is 15.2. The number of rotatable bonds is 6. The molecular formula is C64H39NS2. The van der Waals surface area contributed by atoms with Crippen molar-refractivity contribution in [2.24, 2.45) is 0 Å². The van der Waals surface area contributed by atoms with Crippen molar-refractivity contribution in [1.82, 2.24) is 0 Å². The summed E-state index contributed by atoms with van der Waals surface area (Å²) in [6.45, 7) is 0. The quantitative estimate of drug-likeness (QED) is 0.161. The Labute approximate surface area is 395 Å². The van der Waals surface area contributed by atoms with Gasteiger partial charge < -0.3 is 4.90 Å². The molecule has 0 fully saturated rings. The van der Waals surface area contributed by atoms with Crippen LogP contribution in [0.3, 0.4) is 0 Å². The van der Waals surface area contributed by atoms with Crippen LogP contribution >= 0.6 is 22.7 Å². The largest absolute Gasteiger partial charge is 0.309 e. The van der Waals surface area contributed by atoms with E-state index in [2.05, 4.69) is 241 Å². The van der Waals surface area contributed by atoms with Gasteiger partial charge in [0.15, 0.2) is 0 Å². The summed E-state index contributed by atoms with van der Waals surface area (Å²) < 4.78 is 5.18. The Hall–Kier alpha value is -8.08. The van der Waals surface area contributed by atoms with Crippen molar-refractivity contribution >= 4 is 123 Å². The van der Waals surface area contributed by atoms with Gasteiger partial charge in [0.25, 0.3) is 0 Å². The van der Waals surface area contributed by atoms with E-state index >= 15 is 0 Å². The zero-order valence-electron chi connectivity index (χ0n) is 36.3. The van der Waals surface area contributed by atoms with Crippen molar-refractivity contribution in [1.29, 1.82) is 0 Å². The van der Waals surface area contributed by atoms with E-state index in [1.807, 2.05) is 22.7 Å². The number of anilines is 3. The lowest BCUT2D eigenvalue weighted by Crippen LogP contribution is -2.12. The molecule has 0 N–H and O–H groups in total. The van der Waals surface area contributed by atoms with Crippen LogP contribution in [-0.2, 0) is 0 Å². The van der Waals surface area contributed by atoms with E-state index < -0.39 is 0 Å². The third-order valence-corrected chi connectivity index (χ3v) is 16.1. The second-order valence-electron chi connectivity index (χ2n) is 17.5. The van der Waals surface area contributed by atoms with Crippen LogP contribution in [-0.4, -0.2) is 0 Å². The summed E-state index contributed by atoms with van der Waals surface area (Å²) in [7, 11) is 0. The standard InChI is InChI=1S/C64H39NS2/c1-3-16-41(17-4-1)51-38-53(54-36-45-23-10-14-28-50(45)63-62-49-27-13-9-22-44(49)31-34-60(62)67-64(54)63)57(39-52(51)42-18-5-2-6-19-42)65(56-29-15-24-40-20-7-11-25-47(40)56)46-32-35-58-55(37-46)61-48-26-12-8-21-43(48)30-33-59(61)66-58/h1-39H. The van der Waals surface area contributed by atoms with Crippen LogP contribution in [0.5, 0.6) is 0 Å². The predicted molar refractivity (Wildman–Crippen MR) is 293 cm³/mol. The summed E-state index contributed by atoms with van der Waals surface area (Å²) in [5.74, 6) is 0. The second-order valence-corrected chi connectivity index (χ2v) is 19.7. The van der Waals surface area contributed by atoms with Crippen LogP contribution in [0.1, 0.15) is 0 Å². The molecule has 0 aliphatic rings. The van der Waals surface area contributed by atoms with Gasteiger partial charge in [0.1, 0.15) is 0 Å². The molecule has 0 saturated carbocycles. The van der Waals surface area contributed by atoms with E-state index in [1.165, 1.54) is 117 Å². The smallest absolute Gasteiger partial charge is 0.0547 e. The first-order valence-electron chi connectivity index (χ1n) is 22.9. The Bertz CT molecular complexity index is 4270. The maximum Gasteiger partial charge on any atom is 0.0547 e. The van der Waals surface area contributed by atoms with Gasteiger partial charge in [-0.3, -0.25) is 0 Å². The summed E-state index contributed by atoms with van der Waals surface area (Å²) in [6.07, 6.45) is 0. The van der Waals surface area contributed by atoms with E-state index in [4.69, 9.17) is 0 Å². The van der Waals surface area contributed by atoms with Crippen LogP contribution in [0.4, 0.5) is 17.1 Å². The number of benzene rings is 12. The predicted octanol–water partition coefficient (Wildman–Crippen LogP) is 19.5. The molecule has 14 aromatic rings. The molecule has 2 aromatic heterocycles. The summed E-state index contributed by atoms with van der Waals surface area (Å²) in [5.41, 5.74) is 10.5. The topological polar surface area (TPSA) is 3.24 Å². The fraction of sp³-hybridized carbons (Fsp3) is 0. The van der Waals surface area contributed by atoms with E-state index in [1.54, 1.807) is 0 Å². The first kappa shape index (κ1) is 38.2. The molecule has 0 atom stereocenters. The molecule has 3 heteroatoms. The zero-order valence-corrected chi connectivity index (χ0v) is 37.9. The van der Waals surface area contributed by atoms with E-state index in [9.17, 15) is 0 Å². The van der Waals surface area contributed by atoms with Crippen molar-refractivity contribution in [2.45, 2.75) is 0 Å². The SMILES string of the molecule is c1ccc(-c2cc(-c3cc4ccccc4c4c3sc3ccc5ccccc5c34)c(N(c3ccc4sc5ccc6ccccc6c5c4c3)c3cccc4ccccc34)cc2-c2ccccc2)cc1. The Kier molecular flexibility index (Phi) is 8.70. The number of fused-ring (bicyclic) bond motifs is 13. The van der Waals surface area contributed by atoms with E-state index in [0.29, 0.717) is 0 Å². The lowest BCUT2D eigenvalue weighted by molar-refractivity contribution is 1.31. The minimum absolute atomic E-state index is 1.11. The number of hydrogen-bond acceptors (Lipinski definition) is 3. The van der Waals surface area contributed by atoms with Gasteiger partial charge in [-0.1, -0.05) is 182 Å². The summed E-state index contributed by atoms with van der Waals surface area (Å²) in [4.78, 5) is 2.57. The number of hydrogen-bond donors (Lipinski definition) is 0. The summed E-state index contributed by atoms with van der Waals surface area (Å²) >= 11 is 3.80. The highest BCUT2D eigenvalue weighted by molar-refractivity contribution is 7.27.